The fourth-order valence-electron chi connectivity index (χ4n) is 6.05. The molecule has 1 unspecified atom stereocenters. The van der Waals surface area contributed by atoms with E-state index in [9.17, 15) is 9.59 Å². The van der Waals surface area contributed by atoms with Crippen LogP contribution in [-0.2, 0) is 16.9 Å². The van der Waals surface area contributed by atoms with Crippen LogP contribution in [0.1, 0.15) is 27.2 Å². The Morgan fingerprint density at radius 3 is 2.50 bits per heavy atom. The number of hydrogen-bond acceptors (Lipinski definition) is 6. The van der Waals surface area contributed by atoms with Gasteiger partial charge in [0.2, 0.25) is 5.76 Å². The van der Waals surface area contributed by atoms with Gasteiger partial charge in [-0.05, 0) is 48.0 Å². The lowest BCUT2D eigenvalue weighted by Gasteiger charge is -2.32. The number of carbonyl (C=O) groups is 2. The monoisotopic (exact) mass is 609 g/mol. The van der Waals surface area contributed by atoms with Crippen LogP contribution < -0.4 is 15.2 Å². The number of para-hydroxylation sites is 2. The van der Waals surface area contributed by atoms with Gasteiger partial charge in [-0.25, -0.2) is 4.98 Å². The van der Waals surface area contributed by atoms with E-state index in [4.69, 9.17) is 32.6 Å². The normalized spacial score (nSPS) is 17.6. The quantitative estimate of drug-likeness (QED) is 0.212. The van der Waals surface area contributed by atoms with Crippen molar-refractivity contribution in [3.8, 4) is 0 Å². The van der Waals surface area contributed by atoms with Crippen LogP contribution in [-0.4, -0.2) is 16.8 Å². The summed E-state index contributed by atoms with van der Waals surface area (Å²) in [6.45, 7) is 0.128. The number of carbonyl (C=O) groups excluding carboxylic acids is 2. The summed E-state index contributed by atoms with van der Waals surface area (Å²) >= 11 is 14.0. The third kappa shape index (κ3) is 3.28. The van der Waals surface area contributed by atoms with E-state index in [-0.39, 0.29) is 34.0 Å². The van der Waals surface area contributed by atoms with Gasteiger partial charge in [0.05, 0.1) is 33.4 Å². The number of aromatic nitrogens is 1. The van der Waals surface area contributed by atoms with Crippen molar-refractivity contribution in [1.29, 1.82) is 0 Å². The summed E-state index contributed by atoms with van der Waals surface area (Å²) in [5.74, 6) is -1.28. The van der Waals surface area contributed by atoms with Crippen molar-refractivity contribution in [2.45, 2.75) is 12.1 Å². The second-order valence-corrected chi connectivity index (χ2v) is 11.9. The summed E-state index contributed by atoms with van der Waals surface area (Å²) in [5.41, 5.74) is 0.294. The van der Waals surface area contributed by atoms with Crippen LogP contribution in [0.3, 0.4) is 0 Å². The van der Waals surface area contributed by atoms with Crippen molar-refractivity contribution in [2.24, 2.45) is 0 Å². The summed E-state index contributed by atoms with van der Waals surface area (Å²) in [6, 6.07) is 26.4. The average Bonchev–Trinajstić information content (AvgIpc) is 3.60. The Morgan fingerprint density at radius 1 is 0.881 bits per heavy atom. The second kappa shape index (κ2) is 9.00. The fourth-order valence-corrected chi connectivity index (χ4v) is 7.53. The van der Waals surface area contributed by atoms with Gasteiger partial charge >= 0.3 is 0 Å². The number of rotatable bonds is 3. The average molecular weight is 610 g/mol. The summed E-state index contributed by atoms with van der Waals surface area (Å²) in [6.07, 6.45) is 0. The lowest BCUT2D eigenvalue weighted by Crippen LogP contribution is -2.53. The second-order valence-electron chi connectivity index (χ2n) is 10.1. The van der Waals surface area contributed by atoms with Crippen molar-refractivity contribution in [2.75, 3.05) is 9.80 Å². The lowest BCUT2D eigenvalue weighted by atomic mass is 9.84. The molecule has 0 saturated heterocycles. The highest BCUT2D eigenvalue weighted by Gasteiger charge is 2.66. The number of thiazole rings is 1. The first-order valence-corrected chi connectivity index (χ1v) is 14.6. The summed E-state index contributed by atoms with van der Waals surface area (Å²) in [7, 11) is 0. The Labute approximate surface area is 252 Å². The molecule has 4 heterocycles. The molecule has 8 rings (SSSR count). The van der Waals surface area contributed by atoms with Crippen molar-refractivity contribution in [1.82, 2.24) is 4.98 Å². The van der Waals surface area contributed by atoms with Crippen LogP contribution >= 0.6 is 34.5 Å². The summed E-state index contributed by atoms with van der Waals surface area (Å²) in [4.78, 5) is 51.4. The lowest BCUT2D eigenvalue weighted by molar-refractivity contribution is -0.121. The molecule has 204 valence electrons. The largest absolute Gasteiger partial charge is 0.450 e. The van der Waals surface area contributed by atoms with E-state index >= 15 is 4.79 Å². The van der Waals surface area contributed by atoms with Gasteiger partial charge in [-0.2, -0.15) is 0 Å². The SMILES string of the molecule is O=C1c2oc3ccccc3c(=O)c2C2(C(=O)N(Cc3ccccc3Cl)c3ccccc32)N1c1nc2ccc(Cl)cc2s1. The predicted octanol–water partition coefficient (Wildman–Crippen LogP) is 7.16. The molecule has 0 bridgehead atoms. The van der Waals surface area contributed by atoms with Gasteiger partial charge in [0.25, 0.3) is 11.8 Å². The third-order valence-electron chi connectivity index (χ3n) is 7.85. The van der Waals surface area contributed by atoms with Crippen molar-refractivity contribution < 1.29 is 14.0 Å². The van der Waals surface area contributed by atoms with Gasteiger partial charge in [0.1, 0.15) is 5.58 Å². The molecular weight excluding hydrogens is 593 g/mol. The van der Waals surface area contributed by atoms with Crippen LogP contribution in [0.2, 0.25) is 10.0 Å². The molecule has 0 radical (unpaired) electrons. The molecule has 42 heavy (non-hydrogen) atoms. The molecule has 2 aliphatic rings. The van der Waals surface area contributed by atoms with E-state index in [0.717, 1.165) is 10.3 Å². The van der Waals surface area contributed by atoms with Gasteiger partial charge in [-0.1, -0.05) is 83.1 Å². The molecular formula is C32H17Cl2N3O4S. The number of hydrogen-bond donors (Lipinski definition) is 0. The highest BCUT2D eigenvalue weighted by atomic mass is 35.5. The summed E-state index contributed by atoms with van der Waals surface area (Å²) in [5, 5.41) is 1.53. The first-order valence-electron chi connectivity index (χ1n) is 13.0. The van der Waals surface area contributed by atoms with Crippen molar-refractivity contribution >= 4 is 78.4 Å². The molecule has 0 saturated carbocycles. The molecule has 1 spiro atoms. The molecule has 10 heteroatoms. The van der Waals surface area contributed by atoms with E-state index in [1.165, 1.54) is 16.2 Å². The van der Waals surface area contributed by atoms with Crippen LogP contribution in [0.5, 0.6) is 0 Å². The smallest absolute Gasteiger partial charge is 0.297 e. The minimum Gasteiger partial charge on any atom is -0.450 e. The number of fused-ring (bicyclic) bond motifs is 6. The molecule has 1 atom stereocenters. The topological polar surface area (TPSA) is 83.7 Å². The van der Waals surface area contributed by atoms with E-state index in [2.05, 4.69) is 0 Å². The van der Waals surface area contributed by atoms with E-state index in [0.29, 0.717) is 26.8 Å². The minimum atomic E-state index is -1.85. The molecule has 0 aliphatic carbocycles. The van der Waals surface area contributed by atoms with Crippen LogP contribution in [0, 0.1) is 0 Å². The van der Waals surface area contributed by atoms with Gasteiger partial charge in [-0.15, -0.1) is 0 Å². The highest BCUT2D eigenvalue weighted by Crippen LogP contribution is 2.55. The number of benzene rings is 4. The van der Waals surface area contributed by atoms with Crippen molar-refractivity contribution in [3.05, 3.63) is 134 Å². The molecule has 7 nitrogen and oxygen atoms in total. The zero-order chi connectivity index (χ0) is 28.7. The van der Waals surface area contributed by atoms with Gasteiger partial charge in [0.15, 0.2) is 16.1 Å². The molecule has 2 amide bonds. The molecule has 6 aromatic rings. The Hall–Kier alpha value is -4.50. The minimum absolute atomic E-state index is 0.0254. The molecule has 2 aliphatic heterocycles. The maximum atomic E-state index is 15.0. The zero-order valence-electron chi connectivity index (χ0n) is 21.5. The molecule has 0 N–H and O–H groups in total. The number of anilines is 2. The molecule has 0 fully saturated rings. The van der Waals surface area contributed by atoms with E-state index in [1.54, 1.807) is 71.6 Å². The maximum Gasteiger partial charge on any atom is 0.297 e. The Morgan fingerprint density at radius 2 is 1.64 bits per heavy atom. The van der Waals surface area contributed by atoms with E-state index in [1.807, 2.05) is 24.3 Å². The van der Waals surface area contributed by atoms with Crippen molar-refractivity contribution in [3.63, 3.8) is 0 Å². The van der Waals surface area contributed by atoms with Gasteiger partial charge < -0.3 is 9.32 Å². The number of nitrogens with zero attached hydrogens (tertiary/aromatic N) is 3. The maximum absolute atomic E-state index is 15.0. The molecule has 2 aromatic heterocycles. The van der Waals surface area contributed by atoms with Gasteiger partial charge in [-0.3, -0.25) is 19.3 Å². The molecule has 4 aromatic carbocycles. The predicted molar refractivity (Wildman–Crippen MR) is 164 cm³/mol. The first-order chi connectivity index (χ1) is 20.4. The van der Waals surface area contributed by atoms with Crippen LogP contribution in [0.25, 0.3) is 21.2 Å². The Kier molecular flexibility index (Phi) is 5.40. The highest BCUT2D eigenvalue weighted by molar-refractivity contribution is 7.22. The summed E-state index contributed by atoms with van der Waals surface area (Å²) < 4.78 is 6.87. The van der Waals surface area contributed by atoms with Crippen LogP contribution in [0.4, 0.5) is 10.8 Å². The number of amides is 2. The third-order valence-corrected chi connectivity index (χ3v) is 9.46. The number of halogens is 2. The Balaban J connectivity index is 1.46. The van der Waals surface area contributed by atoms with E-state index < -0.39 is 22.8 Å². The van der Waals surface area contributed by atoms with Crippen LogP contribution in [0.15, 0.2) is 100 Å². The standard InChI is InChI=1S/C32H17Cl2N3O4S/c33-18-13-14-22-25(15-18)42-31(35-22)37-29(39)28-26(27(38)19-8-2-6-12-24(19)41-28)32(37)20-9-3-5-11-23(20)36(30(32)40)16-17-7-1-4-10-21(17)34/h1-15H,16H2. The Bertz CT molecular complexity index is 2210. The zero-order valence-corrected chi connectivity index (χ0v) is 23.8. The van der Waals surface area contributed by atoms with Gasteiger partial charge in [0, 0.05) is 15.6 Å². The fraction of sp³-hybridized carbons (Fsp3) is 0.0625. The first kappa shape index (κ1) is 25.2.